The second-order valence-electron chi connectivity index (χ2n) is 8.61. The third-order valence-electron chi connectivity index (χ3n) is 6.16. The summed E-state index contributed by atoms with van der Waals surface area (Å²) in [6, 6.07) is 0.593. The molecule has 2 heteroatoms. The van der Waals surface area contributed by atoms with Gasteiger partial charge in [-0.25, -0.2) is 4.98 Å². The van der Waals surface area contributed by atoms with E-state index in [0.29, 0.717) is 12.0 Å². The van der Waals surface area contributed by atoms with Crippen LogP contribution in [0.15, 0.2) is 12.4 Å². The van der Waals surface area contributed by atoms with Crippen molar-refractivity contribution >= 4 is 0 Å². The molecule has 0 spiro atoms. The Morgan fingerprint density at radius 2 is 1.26 bits per heavy atom. The Labute approximate surface area is 170 Å². The number of nitrogens with zero attached hydrogens (tertiary/aromatic N) is 2. The molecular weight excluding hydrogens is 328 g/mol. The van der Waals surface area contributed by atoms with Gasteiger partial charge in [0.25, 0.3) is 0 Å². The fraction of sp³-hybridized carbons (Fsp3) is 0.880. The summed E-state index contributed by atoms with van der Waals surface area (Å²) in [5.74, 6) is 1.99. The molecule has 0 aliphatic heterocycles. The van der Waals surface area contributed by atoms with Crippen LogP contribution in [0.4, 0.5) is 0 Å². The first kappa shape index (κ1) is 24.2. The van der Waals surface area contributed by atoms with Crippen LogP contribution in [0.5, 0.6) is 0 Å². The molecule has 0 aliphatic rings. The van der Waals surface area contributed by atoms with E-state index in [9.17, 15) is 0 Å². The van der Waals surface area contributed by atoms with Crippen molar-refractivity contribution < 1.29 is 0 Å². The lowest BCUT2D eigenvalue weighted by Crippen LogP contribution is -2.12. The Hall–Kier alpha value is -0.790. The summed E-state index contributed by atoms with van der Waals surface area (Å²) in [6.45, 7) is 9.28. The largest absolute Gasteiger partial charge is 0.332 e. The smallest absolute Gasteiger partial charge is 0.111 e. The zero-order valence-electron chi connectivity index (χ0n) is 19.0. The molecular formula is C25H48N2. The summed E-state index contributed by atoms with van der Waals surface area (Å²) in [5, 5.41) is 0. The first-order valence-corrected chi connectivity index (χ1v) is 12.3. The number of unbranched alkanes of at least 4 members (excludes halogenated alkanes) is 11. The Bertz CT molecular complexity index is 437. The molecule has 1 rings (SSSR count). The van der Waals surface area contributed by atoms with Crippen LogP contribution in [-0.4, -0.2) is 9.55 Å². The molecule has 0 aliphatic carbocycles. The van der Waals surface area contributed by atoms with Gasteiger partial charge in [0.05, 0.1) is 0 Å². The Morgan fingerprint density at radius 1 is 0.741 bits per heavy atom. The summed E-state index contributed by atoms with van der Waals surface area (Å²) in [4.78, 5) is 4.76. The van der Waals surface area contributed by atoms with Gasteiger partial charge in [-0.1, -0.05) is 104 Å². The molecule has 0 saturated carbocycles. The van der Waals surface area contributed by atoms with Crippen molar-refractivity contribution in [3.8, 4) is 0 Å². The van der Waals surface area contributed by atoms with Gasteiger partial charge in [0.1, 0.15) is 5.82 Å². The van der Waals surface area contributed by atoms with Crippen molar-refractivity contribution in [1.29, 1.82) is 0 Å². The number of rotatable bonds is 18. The highest BCUT2D eigenvalue weighted by Gasteiger charge is 2.17. The fourth-order valence-electron chi connectivity index (χ4n) is 4.24. The number of aromatic nitrogens is 2. The van der Waals surface area contributed by atoms with Crippen LogP contribution in [0.2, 0.25) is 0 Å². The molecule has 0 saturated heterocycles. The van der Waals surface area contributed by atoms with E-state index in [1.807, 2.05) is 6.20 Å². The normalized spacial score (nSPS) is 13.8. The predicted molar refractivity (Wildman–Crippen MR) is 121 cm³/mol. The lowest BCUT2D eigenvalue weighted by atomic mass is 9.96. The minimum absolute atomic E-state index is 0.593. The molecule has 0 radical (unpaired) electrons. The summed E-state index contributed by atoms with van der Waals surface area (Å²) in [7, 11) is 0. The molecule has 0 aromatic carbocycles. The van der Waals surface area contributed by atoms with Crippen LogP contribution in [0.1, 0.15) is 148 Å². The zero-order chi connectivity index (χ0) is 19.7. The van der Waals surface area contributed by atoms with E-state index in [1.165, 1.54) is 109 Å². The van der Waals surface area contributed by atoms with Crippen molar-refractivity contribution in [1.82, 2.24) is 9.55 Å². The summed E-state index contributed by atoms with van der Waals surface area (Å²) >= 11 is 0. The monoisotopic (exact) mass is 376 g/mol. The first-order valence-electron chi connectivity index (χ1n) is 12.3. The molecule has 0 bridgehead atoms. The highest BCUT2D eigenvalue weighted by atomic mass is 15.1. The second kappa shape index (κ2) is 16.2. The van der Waals surface area contributed by atoms with Crippen LogP contribution >= 0.6 is 0 Å². The van der Waals surface area contributed by atoms with Crippen molar-refractivity contribution in [2.75, 3.05) is 0 Å². The van der Waals surface area contributed by atoms with E-state index < -0.39 is 0 Å². The topological polar surface area (TPSA) is 17.8 Å². The summed E-state index contributed by atoms with van der Waals surface area (Å²) in [5.41, 5.74) is 0. The van der Waals surface area contributed by atoms with Gasteiger partial charge in [-0.05, 0) is 26.2 Å². The van der Waals surface area contributed by atoms with E-state index in [-0.39, 0.29) is 0 Å². The molecule has 1 aromatic heterocycles. The standard InChI is InChI=1S/C25H48N2/c1-5-8-10-11-12-13-14-15-16-18-20-24(7-3)25-26-21-22-27(25)23(4)19-17-9-6-2/h21-24H,5-20H2,1-4H3. The molecule has 158 valence electrons. The third-order valence-corrected chi connectivity index (χ3v) is 6.16. The van der Waals surface area contributed by atoms with Gasteiger partial charge in [-0.2, -0.15) is 0 Å². The first-order chi connectivity index (χ1) is 13.2. The quantitative estimate of drug-likeness (QED) is 0.234. The fourth-order valence-corrected chi connectivity index (χ4v) is 4.24. The Kier molecular flexibility index (Phi) is 14.5. The van der Waals surface area contributed by atoms with Gasteiger partial charge in [-0.15, -0.1) is 0 Å². The van der Waals surface area contributed by atoms with Crippen LogP contribution in [0.25, 0.3) is 0 Å². The molecule has 27 heavy (non-hydrogen) atoms. The number of imidazole rings is 1. The lowest BCUT2D eigenvalue weighted by Gasteiger charge is -2.21. The van der Waals surface area contributed by atoms with Crippen molar-refractivity contribution in [2.24, 2.45) is 0 Å². The summed E-state index contributed by atoms with van der Waals surface area (Å²) < 4.78 is 2.47. The predicted octanol–water partition coefficient (Wildman–Crippen LogP) is 8.83. The third kappa shape index (κ3) is 10.4. The Morgan fingerprint density at radius 3 is 1.85 bits per heavy atom. The molecule has 0 fully saturated rings. The van der Waals surface area contributed by atoms with Crippen molar-refractivity contribution in [3.05, 3.63) is 18.2 Å². The second-order valence-corrected chi connectivity index (χ2v) is 8.61. The van der Waals surface area contributed by atoms with Gasteiger partial charge in [0.2, 0.25) is 0 Å². The zero-order valence-corrected chi connectivity index (χ0v) is 19.0. The van der Waals surface area contributed by atoms with Crippen LogP contribution in [0, 0.1) is 0 Å². The molecule has 2 atom stereocenters. The molecule has 2 nitrogen and oxygen atoms in total. The van der Waals surface area contributed by atoms with E-state index in [0.717, 1.165) is 0 Å². The van der Waals surface area contributed by atoms with Gasteiger partial charge in [-0.3, -0.25) is 0 Å². The minimum Gasteiger partial charge on any atom is -0.332 e. The van der Waals surface area contributed by atoms with Crippen LogP contribution in [-0.2, 0) is 0 Å². The maximum Gasteiger partial charge on any atom is 0.111 e. The van der Waals surface area contributed by atoms with Gasteiger partial charge >= 0.3 is 0 Å². The highest BCUT2D eigenvalue weighted by molar-refractivity contribution is 5.02. The van der Waals surface area contributed by atoms with E-state index >= 15 is 0 Å². The SMILES string of the molecule is CCCCCCCCCCCCC(CC)c1nccn1C(C)CCCCC. The van der Waals surface area contributed by atoms with Gasteiger partial charge in [0, 0.05) is 24.4 Å². The van der Waals surface area contributed by atoms with E-state index in [4.69, 9.17) is 4.98 Å². The van der Waals surface area contributed by atoms with Gasteiger partial charge in [0.15, 0.2) is 0 Å². The highest BCUT2D eigenvalue weighted by Crippen LogP contribution is 2.28. The van der Waals surface area contributed by atoms with Crippen molar-refractivity contribution in [2.45, 2.75) is 142 Å². The molecule has 1 aromatic rings. The number of hydrogen-bond donors (Lipinski definition) is 0. The van der Waals surface area contributed by atoms with Crippen molar-refractivity contribution in [3.63, 3.8) is 0 Å². The van der Waals surface area contributed by atoms with Gasteiger partial charge < -0.3 is 4.57 Å². The molecule has 0 N–H and O–H groups in total. The maximum absolute atomic E-state index is 4.76. The van der Waals surface area contributed by atoms with E-state index in [1.54, 1.807) is 0 Å². The van der Waals surface area contributed by atoms with E-state index in [2.05, 4.69) is 38.5 Å². The molecule has 2 unspecified atom stereocenters. The van der Waals surface area contributed by atoms with Crippen LogP contribution < -0.4 is 0 Å². The number of hydrogen-bond acceptors (Lipinski definition) is 1. The Balaban J connectivity index is 2.25. The van der Waals surface area contributed by atoms with Crippen LogP contribution in [0.3, 0.4) is 0 Å². The average molecular weight is 377 g/mol. The average Bonchev–Trinajstić information content (AvgIpc) is 3.16. The lowest BCUT2D eigenvalue weighted by molar-refractivity contribution is 0.429. The molecule has 1 heterocycles. The summed E-state index contributed by atoms with van der Waals surface area (Å²) in [6.07, 6.45) is 26.2. The minimum atomic E-state index is 0.593. The maximum atomic E-state index is 4.76. The molecule has 0 amide bonds.